The molecule has 0 unspecified atom stereocenters. The molecule has 2 rings (SSSR count). The highest BCUT2D eigenvalue weighted by molar-refractivity contribution is 8.21. The third-order valence-electron chi connectivity index (χ3n) is 3.59. The number of nitrogens with one attached hydrogen (secondary N) is 1. The number of rotatable bonds is 5. The van der Waals surface area contributed by atoms with E-state index in [1.807, 2.05) is 50.4 Å². The van der Waals surface area contributed by atoms with E-state index < -0.39 is 9.70 Å². The average Bonchev–Trinajstić information content (AvgIpc) is 2.56. The number of amides is 1. The van der Waals surface area contributed by atoms with Crippen LogP contribution in [0.15, 0.2) is 47.4 Å². The molecule has 2 aromatic rings. The number of alkyl halides is 3. The van der Waals surface area contributed by atoms with Crippen LogP contribution in [0.25, 0.3) is 0 Å². The molecule has 134 valence electrons. The largest absolute Gasteiger partial charge is 0.370 e. The van der Waals surface area contributed by atoms with Crippen LogP contribution in [-0.4, -0.2) is 16.7 Å². The van der Waals surface area contributed by atoms with E-state index >= 15 is 0 Å². The maximum Gasteiger partial charge on any atom is 0.276 e. The number of aryl methyl sites for hydroxylation is 1. The zero-order valence-corrected chi connectivity index (χ0v) is 17.4. The summed E-state index contributed by atoms with van der Waals surface area (Å²) in [5.41, 5.74) is 3.67. The summed E-state index contributed by atoms with van der Waals surface area (Å²) in [6.45, 7) is 2.63. The zero-order chi connectivity index (χ0) is 18.6. The molecule has 0 aliphatic carbocycles. The normalized spacial score (nSPS) is 11.3. The van der Waals surface area contributed by atoms with Crippen LogP contribution in [0.4, 0.5) is 11.4 Å². The van der Waals surface area contributed by atoms with Gasteiger partial charge in [0.25, 0.3) is 9.70 Å². The van der Waals surface area contributed by atoms with Crippen LogP contribution in [0, 0.1) is 6.92 Å². The van der Waals surface area contributed by atoms with Crippen molar-refractivity contribution in [1.29, 1.82) is 0 Å². The molecule has 3 nitrogen and oxygen atoms in total. The summed E-state index contributed by atoms with van der Waals surface area (Å²) in [4.78, 5) is 14.9. The lowest BCUT2D eigenvalue weighted by molar-refractivity contribution is -0.115. The first-order chi connectivity index (χ1) is 11.7. The second kappa shape index (κ2) is 8.74. The van der Waals surface area contributed by atoms with Gasteiger partial charge < -0.3 is 10.2 Å². The number of hydrogen-bond donors (Lipinski definition) is 1. The summed E-state index contributed by atoms with van der Waals surface area (Å²) < 4.78 is -1.99. The van der Waals surface area contributed by atoms with Crippen LogP contribution >= 0.6 is 56.5 Å². The van der Waals surface area contributed by atoms with Gasteiger partial charge in [0.2, 0.25) is 0 Å². The fourth-order valence-electron chi connectivity index (χ4n) is 2.23. The molecule has 0 saturated carbocycles. The Bertz CT molecular complexity index is 747. The Morgan fingerprint density at radius 1 is 1.16 bits per heavy atom. The number of halogens is 4. The lowest BCUT2D eigenvalue weighted by Gasteiger charge is -2.21. The fourth-order valence-corrected chi connectivity index (χ4v) is 2.92. The van der Waals surface area contributed by atoms with E-state index in [1.54, 1.807) is 6.07 Å². The summed E-state index contributed by atoms with van der Waals surface area (Å²) >= 11 is 16.7. The molecule has 0 saturated heterocycles. The second-order valence-electron chi connectivity index (χ2n) is 5.53. The molecule has 0 atom stereocenters. The molecule has 2 aromatic carbocycles. The van der Waals surface area contributed by atoms with E-state index in [0.29, 0.717) is 5.69 Å². The predicted octanol–water partition coefficient (Wildman–Crippen LogP) is 6.19. The number of benzene rings is 2. The number of anilines is 2. The minimum Gasteiger partial charge on any atom is -0.370 e. The van der Waals surface area contributed by atoms with Crippen molar-refractivity contribution in [2.75, 3.05) is 17.3 Å². The van der Waals surface area contributed by atoms with Gasteiger partial charge in [0, 0.05) is 29.9 Å². The molecule has 1 N–H and O–H groups in total. The molecule has 0 bridgehead atoms. The van der Waals surface area contributed by atoms with Gasteiger partial charge in [0.05, 0.1) is 0 Å². The van der Waals surface area contributed by atoms with E-state index in [2.05, 4.69) is 10.2 Å². The SMILES string of the molecule is Cc1cc(N(C)Cc2ccc(SCl)cc2)ccc1NC(=O)C(Cl)(Cl)Cl. The standard InChI is InChI=1S/C17H16Cl4N2OS/c1-11-9-13(5-8-15(11)22-16(24)17(18,19)20)23(2)10-12-3-6-14(25-21)7-4-12/h3-9H,10H2,1-2H3,(H,22,24). The molecule has 0 radical (unpaired) electrons. The number of nitrogens with zero attached hydrogens (tertiary/aromatic N) is 1. The highest BCUT2D eigenvalue weighted by Crippen LogP contribution is 2.30. The minimum atomic E-state index is -1.99. The van der Waals surface area contributed by atoms with Crippen molar-refractivity contribution < 1.29 is 4.79 Å². The van der Waals surface area contributed by atoms with Crippen molar-refractivity contribution in [3.05, 3.63) is 53.6 Å². The Hall–Kier alpha value is -0.780. The first-order valence-electron chi connectivity index (χ1n) is 7.28. The van der Waals surface area contributed by atoms with Crippen LogP contribution in [0.2, 0.25) is 0 Å². The van der Waals surface area contributed by atoms with Gasteiger partial charge in [0.15, 0.2) is 0 Å². The van der Waals surface area contributed by atoms with E-state index in [1.165, 1.54) is 16.5 Å². The smallest absolute Gasteiger partial charge is 0.276 e. The Morgan fingerprint density at radius 3 is 2.32 bits per heavy atom. The van der Waals surface area contributed by atoms with Crippen molar-refractivity contribution >= 4 is 73.7 Å². The van der Waals surface area contributed by atoms with E-state index in [9.17, 15) is 4.79 Å². The number of hydrogen-bond acceptors (Lipinski definition) is 3. The maximum atomic E-state index is 11.8. The lowest BCUT2D eigenvalue weighted by atomic mass is 10.1. The molecule has 25 heavy (non-hydrogen) atoms. The van der Waals surface area contributed by atoms with Gasteiger partial charge in [-0.25, -0.2) is 0 Å². The van der Waals surface area contributed by atoms with Gasteiger partial charge in [0.1, 0.15) is 0 Å². The fraction of sp³-hybridized carbons (Fsp3) is 0.235. The van der Waals surface area contributed by atoms with Crippen molar-refractivity contribution in [3.8, 4) is 0 Å². The van der Waals surface area contributed by atoms with Crippen LogP contribution < -0.4 is 10.2 Å². The summed E-state index contributed by atoms with van der Waals surface area (Å²) in [5.74, 6) is -0.682. The second-order valence-corrected chi connectivity index (χ2v) is 8.90. The summed E-state index contributed by atoms with van der Waals surface area (Å²) in [6.07, 6.45) is 0. The Morgan fingerprint density at radius 2 is 1.80 bits per heavy atom. The van der Waals surface area contributed by atoms with Gasteiger partial charge in [-0.15, -0.1) is 0 Å². The van der Waals surface area contributed by atoms with Gasteiger partial charge in [-0.1, -0.05) is 46.9 Å². The quantitative estimate of drug-likeness (QED) is 0.566. The molecular formula is C17H16Cl4N2OS. The summed E-state index contributed by atoms with van der Waals surface area (Å²) in [5, 5.41) is 2.61. The Balaban J connectivity index is 2.09. The molecule has 0 fully saturated rings. The Kier molecular flexibility index (Phi) is 7.18. The van der Waals surface area contributed by atoms with Gasteiger partial charge in [-0.05, 0) is 70.0 Å². The van der Waals surface area contributed by atoms with Crippen molar-refractivity contribution in [3.63, 3.8) is 0 Å². The van der Waals surface area contributed by atoms with Crippen LogP contribution in [0.1, 0.15) is 11.1 Å². The van der Waals surface area contributed by atoms with Crippen LogP contribution in [-0.2, 0) is 11.3 Å². The number of carbonyl (C=O) groups excluding carboxylic acids is 1. The molecule has 1 amide bonds. The lowest BCUT2D eigenvalue weighted by Crippen LogP contribution is -2.27. The van der Waals surface area contributed by atoms with Crippen LogP contribution in [0.3, 0.4) is 0 Å². The van der Waals surface area contributed by atoms with Gasteiger partial charge in [-0.3, -0.25) is 4.79 Å². The summed E-state index contributed by atoms with van der Waals surface area (Å²) in [6, 6.07) is 13.7. The predicted molar refractivity (Wildman–Crippen MR) is 110 cm³/mol. The highest BCUT2D eigenvalue weighted by Gasteiger charge is 2.30. The third-order valence-corrected chi connectivity index (χ3v) is 5.09. The molecule has 0 heterocycles. The monoisotopic (exact) mass is 436 g/mol. The van der Waals surface area contributed by atoms with Gasteiger partial charge >= 0.3 is 0 Å². The molecule has 0 aromatic heterocycles. The van der Waals surface area contributed by atoms with E-state index in [4.69, 9.17) is 45.5 Å². The summed E-state index contributed by atoms with van der Waals surface area (Å²) in [7, 11) is 8.93. The van der Waals surface area contributed by atoms with Gasteiger partial charge in [-0.2, -0.15) is 0 Å². The maximum absolute atomic E-state index is 11.8. The van der Waals surface area contributed by atoms with Crippen LogP contribution in [0.5, 0.6) is 0 Å². The number of carbonyl (C=O) groups is 1. The zero-order valence-electron chi connectivity index (χ0n) is 13.5. The minimum absolute atomic E-state index is 0.608. The third kappa shape index (κ3) is 5.87. The topological polar surface area (TPSA) is 32.3 Å². The highest BCUT2D eigenvalue weighted by atomic mass is 35.7. The molecule has 0 aliphatic heterocycles. The molecular weight excluding hydrogens is 422 g/mol. The van der Waals surface area contributed by atoms with E-state index in [0.717, 1.165) is 22.7 Å². The Labute approximate surface area is 171 Å². The first-order valence-corrected chi connectivity index (χ1v) is 10.1. The molecule has 8 heteroatoms. The van der Waals surface area contributed by atoms with Crippen molar-refractivity contribution in [2.45, 2.75) is 22.2 Å². The van der Waals surface area contributed by atoms with Crippen molar-refractivity contribution in [2.24, 2.45) is 0 Å². The molecule has 0 aliphatic rings. The van der Waals surface area contributed by atoms with Crippen molar-refractivity contribution in [1.82, 2.24) is 0 Å². The van der Waals surface area contributed by atoms with E-state index in [-0.39, 0.29) is 0 Å². The molecule has 0 spiro atoms. The first kappa shape index (κ1) is 20.5. The average molecular weight is 438 g/mol.